The summed E-state index contributed by atoms with van der Waals surface area (Å²) in [7, 11) is 0. The number of carbonyl (C=O) groups is 3. The molecule has 0 radical (unpaired) electrons. The molecule has 39 N–H and O–H groups in total. The Morgan fingerprint density at radius 1 is 0.333 bits per heavy atom. The van der Waals surface area contributed by atoms with Crippen molar-refractivity contribution < 1.29 is 223 Å². The maximum Gasteiger partial charge on any atom is 0.189 e. The van der Waals surface area contributed by atoms with Crippen LogP contribution in [0.2, 0.25) is 0 Å². The average molecular weight is 1360 g/mol. The predicted molar refractivity (Wildman–Crippen MR) is 286 cm³/mol. The molecule has 0 spiro atoms. The van der Waals surface area contributed by atoms with Gasteiger partial charge in [-0.25, -0.2) is 0 Å². The Morgan fingerprint density at radius 2 is 0.567 bits per heavy atom. The van der Waals surface area contributed by atoms with Gasteiger partial charge in [0.1, 0.15) is 165 Å². The topological polar surface area (TPSA) is 859 Å². The van der Waals surface area contributed by atoms with Crippen molar-refractivity contribution in [3.05, 3.63) is 0 Å². The molecule has 1 saturated heterocycles. The molecule has 44 heteroatoms. The van der Waals surface area contributed by atoms with Crippen LogP contribution < -0.4 is 0 Å². The number of ether oxygens (including phenoxy) is 2. The van der Waals surface area contributed by atoms with E-state index in [1.54, 1.807) is 0 Å². The molecule has 0 aromatic carbocycles. The molecule has 0 aliphatic carbocycles. The fraction of sp³-hybridized carbons (Fsp3) is 0.935. The van der Waals surface area contributed by atoms with E-state index in [-0.39, 0.29) is 25.8 Å². The Kier molecular flexibility index (Phi) is 67.3. The Labute approximate surface area is 511 Å². The summed E-state index contributed by atoms with van der Waals surface area (Å²) in [5.41, 5.74) is 0. The molecule has 1 aliphatic heterocycles. The first-order chi connectivity index (χ1) is 41.7. The quantitative estimate of drug-likeness (QED) is 0.0266. The Morgan fingerprint density at radius 3 is 0.789 bits per heavy atom. The minimum absolute atomic E-state index is 0.0869. The lowest BCUT2D eigenvalue weighted by Gasteiger charge is -2.38. The number of hydrogen-bond donors (Lipinski definition) is 39. The van der Waals surface area contributed by atoms with Crippen molar-refractivity contribution in [2.75, 3.05) is 92.5 Å². The molecular formula is C46H100O44. The van der Waals surface area contributed by atoms with Gasteiger partial charge in [-0.3, -0.25) is 4.79 Å². The van der Waals surface area contributed by atoms with Gasteiger partial charge < -0.3 is 218 Å². The van der Waals surface area contributed by atoms with Gasteiger partial charge in [0.15, 0.2) is 24.6 Å². The van der Waals surface area contributed by atoms with Gasteiger partial charge in [-0.1, -0.05) is 0 Å². The second-order valence-electron chi connectivity index (χ2n) is 18.3. The molecule has 90 heavy (non-hydrogen) atoms. The number of ketones is 1. The number of rotatable bonds is 34. The van der Waals surface area contributed by atoms with Crippen LogP contribution in [-0.4, -0.2) is 481 Å². The summed E-state index contributed by atoms with van der Waals surface area (Å²) in [5, 5.41) is 338. The van der Waals surface area contributed by atoms with E-state index in [1.807, 2.05) is 0 Å². The number of aldehydes is 2. The van der Waals surface area contributed by atoms with E-state index in [4.69, 9.17) is 183 Å². The standard InChI is InChI=1S/C12H22O10.2C6H14O6.C5H12O5.2C5H10O5.C4H10O4.C3H8O3/c1-4-7(16)10(19)11(20)12(22-4)21-3-6(15)9(18)8(17)5(14)2-13;2*7-1-3(9)5(11)6(12)4(10)2-8;3*6-1-3(8)5(10)4(9)2-7;5-1-3(7)4(8)2-6;4-1-3(6)2-5/h4-5,7-14,16-20H,2-3H2,1H3;2*3-12H,1-2H2;3-10H,1-2H2;2*1,3-5,7-10H,2H2;3-8H,1-2H2;3-6H,1-2H2/t4-,5+,7-,8+,9+,10+,11+,12?;3-,4+,5-,6-;3-,4-,5-,6-;2*3-,4+,5-;3-,4-,5+;3-,4+;/m011.00../s1. The third-order valence-electron chi connectivity index (χ3n) is 11.0. The smallest absolute Gasteiger partial charge is 0.189 e. The van der Waals surface area contributed by atoms with Gasteiger partial charge in [-0.05, 0) is 6.92 Å². The lowest BCUT2D eigenvalue weighted by Crippen LogP contribution is -2.57. The highest BCUT2D eigenvalue weighted by Gasteiger charge is 2.43. The maximum atomic E-state index is 11.6. The van der Waals surface area contributed by atoms with Crippen LogP contribution >= 0.6 is 0 Å². The van der Waals surface area contributed by atoms with Gasteiger partial charge in [0.25, 0.3) is 0 Å². The van der Waals surface area contributed by atoms with Crippen LogP contribution in [-0.2, 0) is 23.9 Å². The largest absolute Gasteiger partial charge is 0.394 e. The third kappa shape index (κ3) is 44.9. The number of hydrogen-bond acceptors (Lipinski definition) is 44. The number of aliphatic hydroxyl groups is 39. The highest BCUT2D eigenvalue weighted by Crippen LogP contribution is 2.22. The van der Waals surface area contributed by atoms with Crippen LogP contribution in [0.25, 0.3) is 0 Å². The minimum Gasteiger partial charge on any atom is -0.394 e. The van der Waals surface area contributed by atoms with Crippen LogP contribution in [0, 0.1) is 0 Å². The van der Waals surface area contributed by atoms with Crippen molar-refractivity contribution in [1.82, 2.24) is 0 Å². The predicted octanol–water partition coefficient (Wildman–Crippen LogP) is -24.1. The maximum absolute atomic E-state index is 11.6. The molecule has 0 saturated carbocycles. The van der Waals surface area contributed by atoms with Gasteiger partial charge in [-0.15, -0.1) is 0 Å². The molecule has 0 aromatic heterocycles. The van der Waals surface area contributed by atoms with Crippen LogP contribution in [0.3, 0.4) is 0 Å². The normalized spacial score (nSPS) is 23.5. The highest BCUT2D eigenvalue weighted by molar-refractivity contribution is 5.84. The van der Waals surface area contributed by atoms with E-state index in [1.165, 1.54) is 6.92 Å². The van der Waals surface area contributed by atoms with Gasteiger partial charge in [0.2, 0.25) is 0 Å². The first kappa shape index (κ1) is 101. The summed E-state index contributed by atoms with van der Waals surface area (Å²) in [5.74, 6) is -1.02. The van der Waals surface area contributed by atoms with Crippen molar-refractivity contribution in [1.29, 1.82) is 0 Å². The minimum atomic E-state index is -2.00. The van der Waals surface area contributed by atoms with Crippen molar-refractivity contribution in [2.24, 2.45) is 0 Å². The molecular weight excluding hydrogens is 1260 g/mol. The number of Topliss-reactive ketones (excluding diaryl/α,β-unsaturated/α-hetero) is 1. The zero-order valence-electron chi connectivity index (χ0n) is 48.2. The second kappa shape index (κ2) is 60.1. The number of carbonyl (C=O) groups excluding carboxylic acids is 3. The van der Waals surface area contributed by atoms with Gasteiger partial charge in [0.05, 0.1) is 92.0 Å². The lowest BCUT2D eigenvalue weighted by atomic mass is 10.00. The van der Waals surface area contributed by atoms with Gasteiger partial charge in [-0.2, -0.15) is 0 Å². The molecule has 1 aliphatic rings. The van der Waals surface area contributed by atoms with Crippen molar-refractivity contribution in [2.45, 2.75) is 178 Å². The lowest BCUT2D eigenvalue weighted by molar-refractivity contribution is -0.291. The van der Waals surface area contributed by atoms with Crippen LogP contribution in [0.1, 0.15) is 6.92 Å². The summed E-state index contributed by atoms with van der Waals surface area (Å²) in [4.78, 5) is 31.1. The molecule has 1 fully saturated rings. The fourth-order valence-corrected chi connectivity index (χ4v) is 4.86. The average Bonchev–Trinajstić information content (AvgIpc) is 1.02. The van der Waals surface area contributed by atoms with Crippen molar-refractivity contribution in [3.8, 4) is 0 Å². The molecule has 0 amide bonds. The molecule has 548 valence electrons. The SMILES string of the molecule is C[C@@H]1OC(OCC(=O)[C@@H](O)[C@H](O)[C@H](O)CO)[C@H](O)[C@H](O)[C@H]1O.O=C[C@H](O)[C@@H](O)[C@@H](O)CO.O=C[C@H](O)[C@H](O)[C@H](O)CO.OCC(O)CO.OC[C@@H](O)[C@@H](O)CO.OC[C@@H](O)[C@@H](O)[C@@H](O)CO.OC[C@@H](O)[C@@H](O)[C@H](O)[C@@H](O)CO.OC[C@@H](O)[C@@H](O)[C@H](O)[C@H](O)CO. The first-order valence-corrected chi connectivity index (χ1v) is 26.0. The molecule has 27 atom stereocenters. The van der Waals surface area contributed by atoms with Crippen LogP contribution in [0.5, 0.6) is 0 Å². The summed E-state index contributed by atoms with van der Waals surface area (Å²) < 4.78 is 10.00. The van der Waals surface area contributed by atoms with Crippen LogP contribution in [0.4, 0.5) is 0 Å². The molecule has 1 unspecified atom stereocenters. The van der Waals surface area contributed by atoms with E-state index < -0.39 is 256 Å². The Bertz CT molecular complexity index is 1500. The molecule has 1 heterocycles. The number of aliphatic hydroxyl groups excluding tert-OH is 39. The van der Waals surface area contributed by atoms with E-state index >= 15 is 0 Å². The monoisotopic (exact) mass is 1360 g/mol. The summed E-state index contributed by atoms with van der Waals surface area (Å²) >= 11 is 0. The van der Waals surface area contributed by atoms with E-state index in [0.29, 0.717) is 0 Å². The fourth-order valence-electron chi connectivity index (χ4n) is 4.86. The Hall–Kier alpha value is -2.63. The summed E-state index contributed by atoms with van der Waals surface area (Å²) in [6.45, 7) is -7.55. The second-order valence-corrected chi connectivity index (χ2v) is 18.3. The zero-order valence-corrected chi connectivity index (χ0v) is 48.2. The van der Waals surface area contributed by atoms with Gasteiger partial charge in [0, 0.05) is 0 Å². The van der Waals surface area contributed by atoms with Crippen LogP contribution in [0.15, 0.2) is 0 Å². The zero-order chi connectivity index (χ0) is 72.5. The first-order valence-electron chi connectivity index (χ1n) is 26.0. The molecule has 0 bridgehead atoms. The van der Waals surface area contributed by atoms with E-state index in [0.717, 1.165) is 0 Å². The van der Waals surface area contributed by atoms with Gasteiger partial charge >= 0.3 is 0 Å². The van der Waals surface area contributed by atoms with Crippen molar-refractivity contribution in [3.63, 3.8) is 0 Å². The van der Waals surface area contributed by atoms with E-state index in [9.17, 15) is 39.9 Å². The highest BCUT2D eigenvalue weighted by atomic mass is 16.7. The molecule has 0 aromatic rings. The Balaban J connectivity index is -0.000000181. The molecule has 44 nitrogen and oxygen atoms in total. The summed E-state index contributed by atoms with van der Waals surface area (Å²) in [6.07, 6.45) is -42.1. The third-order valence-corrected chi connectivity index (χ3v) is 11.0. The summed E-state index contributed by atoms with van der Waals surface area (Å²) in [6, 6.07) is 0. The van der Waals surface area contributed by atoms with E-state index in [2.05, 4.69) is 0 Å². The van der Waals surface area contributed by atoms with Crippen molar-refractivity contribution >= 4 is 18.4 Å². The molecule has 1 rings (SSSR count).